The van der Waals surface area contributed by atoms with Gasteiger partial charge in [-0.15, -0.1) is 0 Å². The van der Waals surface area contributed by atoms with Gasteiger partial charge in [0.1, 0.15) is 17.5 Å². The van der Waals surface area contributed by atoms with Crippen LogP contribution in [0.2, 0.25) is 0 Å². The number of halogens is 2. The van der Waals surface area contributed by atoms with Gasteiger partial charge in [-0.25, -0.2) is 28.5 Å². The second-order valence-corrected chi connectivity index (χ2v) is 7.34. The summed E-state index contributed by atoms with van der Waals surface area (Å²) in [6, 6.07) is 5.92. The molecule has 1 fully saturated rings. The third-order valence-corrected chi connectivity index (χ3v) is 4.91. The van der Waals surface area contributed by atoms with Crippen molar-refractivity contribution in [3.63, 3.8) is 0 Å². The number of hydrogen-bond acceptors (Lipinski definition) is 5. The smallest absolute Gasteiger partial charge is 0.323 e. The lowest BCUT2D eigenvalue weighted by Crippen LogP contribution is -2.52. The Hall–Kier alpha value is -3.62. The zero-order chi connectivity index (χ0) is 21.3. The zero-order valence-electron chi connectivity index (χ0n) is 16.3. The Labute approximate surface area is 172 Å². The standard InChI is InChI=1S/C21H20F2N6O/c1-12-8-25-19(26-9-12)6-13-10-29(11-13)21(30)28-20-17(24)4-5-18(27-20)15-3-2-14(22)7-16(15)23/h2-5,7-9,13H,6,10-11,24H2,1H3,(H,27,28,30). The second kappa shape index (κ2) is 8.02. The van der Waals surface area contributed by atoms with Crippen molar-refractivity contribution in [2.45, 2.75) is 13.3 Å². The van der Waals surface area contributed by atoms with Crippen molar-refractivity contribution in [2.24, 2.45) is 5.92 Å². The van der Waals surface area contributed by atoms with Gasteiger partial charge in [0.2, 0.25) is 0 Å². The molecule has 0 radical (unpaired) electrons. The Morgan fingerprint density at radius 2 is 1.93 bits per heavy atom. The van der Waals surface area contributed by atoms with Crippen LogP contribution in [0.15, 0.2) is 42.7 Å². The first-order valence-electron chi connectivity index (χ1n) is 9.44. The molecular weight excluding hydrogens is 390 g/mol. The van der Waals surface area contributed by atoms with Crippen molar-refractivity contribution in [1.29, 1.82) is 0 Å². The summed E-state index contributed by atoms with van der Waals surface area (Å²) in [7, 11) is 0. The van der Waals surface area contributed by atoms with E-state index in [9.17, 15) is 13.6 Å². The largest absolute Gasteiger partial charge is 0.396 e. The quantitative estimate of drug-likeness (QED) is 0.687. The molecule has 3 heterocycles. The number of carbonyl (C=O) groups is 1. The highest BCUT2D eigenvalue weighted by Crippen LogP contribution is 2.27. The van der Waals surface area contributed by atoms with Crippen LogP contribution in [0.25, 0.3) is 11.3 Å². The number of nitrogens with two attached hydrogens (primary N) is 1. The Morgan fingerprint density at radius 3 is 2.63 bits per heavy atom. The van der Waals surface area contributed by atoms with Crippen LogP contribution in [0.1, 0.15) is 11.4 Å². The highest BCUT2D eigenvalue weighted by atomic mass is 19.1. The van der Waals surface area contributed by atoms with Crippen LogP contribution < -0.4 is 11.1 Å². The molecule has 0 spiro atoms. The SMILES string of the molecule is Cc1cnc(CC2CN(C(=O)Nc3nc(-c4ccc(F)cc4F)ccc3N)C2)nc1. The molecule has 2 aromatic heterocycles. The molecule has 2 amide bonds. The fraction of sp³-hybridized carbons (Fsp3) is 0.238. The molecule has 7 nitrogen and oxygen atoms in total. The van der Waals surface area contributed by atoms with E-state index in [-0.39, 0.29) is 34.7 Å². The average molecular weight is 410 g/mol. The molecule has 0 unspecified atom stereocenters. The number of nitrogens with one attached hydrogen (secondary N) is 1. The Kier molecular flexibility index (Phi) is 5.26. The van der Waals surface area contributed by atoms with Crippen LogP contribution in [-0.2, 0) is 6.42 Å². The van der Waals surface area contributed by atoms with Gasteiger partial charge in [0.05, 0.1) is 11.4 Å². The third-order valence-electron chi connectivity index (χ3n) is 4.91. The van der Waals surface area contributed by atoms with Crippen molar-refractivity contribution >= 4 is 17.5 Å². The minimum absolute atomic E-state index is 0.119. The lowest BCUT2D eigenvalue weighted by atomic mass is 9.96. The number of aryl methyl sites for hydroxylation is 1. The Bertz CT molecular complexity index is 1080. The maximum Gasteiger partial charge on any atom is 0.323 e. The molecule has 0 saturated carbocycles. The van der Waals surface area contributed by atoms with Gasteiger partial charge in [-0.2, -0.15) is 0 Å². The van der Waals surface area contributed by atoms with E-state index < -0.39 is 11.6 Å². The molecule has 3 aromatic rings. The van der Waals surface area contributed by atoms with Crippen LogP contribution in [0.5, 0.6) is 0 Å². The predicted molar refractivity (Wildman–Crippen MR) is 109 cm³/mol. The van der Waals surface area contributed by atoms with Gasteiger partial charge in [0, 0.05) is 49.5 Å². The van der Waals surface area contributed by atoms with Gasteiger partial charge in [0.25, 0.3) is 0 Å². The van der Waals surface area contributed by atoms with Crippen molar-refractivity contribution in [2.75, 3.05) is 24.1 Å². The molecule has 4 rings (SSSR count). The number of aromatic nitrogens is 3. The molecule has 1 aliphatic rings. The van der Waals surface area contributed by atoms with Crippen LogP contribution >= 0.6 is 0 Å². The molecule has 30 heavy (non-hydrogen) atoms. The van der Waals surface area contributed by atoms with Gasteiger partial charge in [-0.05, 0) is 36.8 Å². The van der Waals surface area contributed by atoms with E-state index in [0.29, 0.717) is 19.5 Å². The minimum atomic E-state index is -0.742. The molecule has 1 aromatic carbocycles. The van der Waals surface area contributed by atoms with Crippen LogP contribution in [0, 0.1) is 24.5 Å². The maximum atomic E-state index is 14.0. The van der Waals surface area contributed by atoms with Crippen LogP contribution in [0.3, 0.4) is 0 Å². The molecule has 1 aliphatic heterocycles. The van der Waals surface area contributed by atoms with E-state index in [1.54, 1.807) is 17.3 Å². The molecule has 0 atom stereocenters. The topological polar surface area (TPSA) is 97.0 Å². The number of carbonyl (C=O) groups excluding carboxylic acids is 1. The third kappa shape index (κ3) is 4.19. The van der Waals surface area contributed by atoms with E-state index >= 15 is 0 Å². The lowest BCUT2D eigenvalue weighted by molar-refractivity contribution is 0.130. The number of benzene rings is 1. The minimum Gasteiger partial charge on any atom is -0.396 e. The molecule has 0 bridgehead atoms. The van der Waals surface area contributed by atoms with Gasteiger partial charge >= 0.3 is 6.03 Å². The second-order valence-electron chi connectivity index (χ2n) is 7.34. The van der Waals surface area contributed by atoms with E-state index in [0.717, 1.165) is 23.5 Å². The number of urea groups is 1. The number of anilines is 2. The first kappa shape index (κ1) is 19.7. The molecule has 1 saturated heterocycles. The van der Waals surface area contributed by atoms with Crippen LogP contribution in [-0.4, -0.2) is 39.0 Å². The number of nitrogen functional groups attached to an aromatic ring is 1. The number of rotatable bonds is 4. The lowest BCUT2D eigenvalue weighted by Gasteiger charge is -2.38. The number of pyridine rings is 1. The number of hydrogen-bond donors (Lipinski definition) is 2. The molecule has 9 heteroatoms. The fourth-order valence-corrected chi connectivity index (χ4v) is 3.25. The molecule has 3 N–H and O–H groups in total. The summed E-state index contributed by atoms with van der Waals surface area (Å²) in [5.74, 6) is -0.252. The van der Waals surface area contributed by atoms with Gasteiger partial charge in [-0.1, -0.05) is 0 Å². The normalized spacial score (nSPS) is 13.8. The Balaban J connectivity index is 1.39. The fourth-order valence-electron chi connectivity index (χ4n) is 3.25. The highest BCUT2D eigenvalue weighted by molar-refractivity contribution is 5.92. The van der Waals surface area contributed by atoms with Crippen molar-refractivity contribution in [1.82, 2.24) is 19.9 Å². The van der Waals surface area contributed by atoms with Crippen molar-refractivity contribution in [3.05, 3.63) is 65.7 Å². The Morgan fingerprint density at radius 1 is 1.20 bits per heavy atom. The van der Waals surface area contributed by atoms with Crippen molar-refractivity contribution < 1.29 is 13.6 Å². The first-order chi connectivity index (χ1) is 14.4. The maximum absolute atomic E-state index is 14.0. The summed E-state index contributed by atoms with van der Waals surface area (Å²) >= 11 is 0. The molecule has 0 aliphatic carbocycles. The van der Waals surface area contributed by atoms with E-state index in [4.69, 9.17) is 5.73 Å². The summed E-state index contributed by atoms with van der Waals surface area (Å²) < 4.78 is 27.2. The van der Waals surface area contributed by atoms with E-state index in [1.165, 1.54) is 18.2 Å². The number of likely N-dealkylation sites (tertiary alicyclic amines) is 1. The van der Waals surface area contributed by atoms with E-state index in [2.05, 4.69) is 20.3 Å². The number of amides is 2. The summed E-state index contributed by atoms with van der Waals surface area (Å²) in [4.78, 5) is 27.0. The monoisotopic (exact) mass is 410 g/mol. The highest BCUT2D eigenvalue weighted by Gasteiger charge is 2.31. The first-order valence-corrected chi connectivity index (χ1v) is 9.44. The molecular formula is C21H20F2N6O. The molecule has 154 valence electrons. The van der Waals surface area contributed by atoms with Gasteiger partial charge in [-0.3, -0.25) is 5.32 Å². The zero-order valence-corrected chi connectivity index (χ0v) is 16.3. The van der Waals surface area contributed by atoms with Crippen LogP contribution in [0.4, 0.5) is 25.1 Å². The van der Waals surface area contributed by atoms with E-state index in [1.807, 2.05) is 6.92 Å². The summed E-state index contributed by atoms with van der Waals surface area (Å²) in [6.45, 7) is 3.06. The summed E-state index contributed by atoms with van der Waals surface area (Å²) in [5, 5.41) is 2.67. The number of nitrogens with zero attached hydrogens (tertiary/aromatic N) is 4. The predicted octanol–water partition coefficient (Wildman–Crippen LogP) is 3.41. The summed E-state index contributed by atoms with van der Waals surface area (Å²) in [6.07, 6.45) is 4.25. The van der Waals surface area contributed by atoms with Gasteiger partial charge < -0.3 is 10.6 Å². The summed E-state index contributed by atoms with van der Waals surface area (Å²) in [5.41, 5.74) is 7.53. The average Bonchev–Trinajstić information content (AvgIpc) is 2.67. The van der Waals surface area contributed by atoms with Crippen molar-refractivity contribution in [3.8, 4) is 11.3 Å². The van der Waals surface area contributed by atoms with Gasteiger partial charge in [0.15, 0.2) is 5.82 Å².